The molecule has 2 saturated heterocycles. The highest BCUT2D eigenvalue weighted by Crippen LogP contribution is 2.36. The monoisotopic (exact) mass is 293 g/mol. The SMILES string of the molecule is CCCn1nc(C)c([N+](=O)[O-])c1N1CC2CCCNC2C1. The zero-order valence-electron chi connectivity index (χ0n) is 12.7. The Hall–Kier alpha value is -1.63. The highest BCUT2D eigenvalue weighted by Gasteiger charge is 2.39. The summed E-state index contributed by atoms with van der Waals surface area (Å²) in [7, 11) is 0. The van der Waals surface area contributed by atoms with Gasteiger partial charge in [-0.3, -0.25) is 10.1 Å². The fourth-order valence-electron chi connectivity index (χ4n) is 3.67. The number of aromatic nitrogens is 2. The van der Waals surface area contributed by atoms with Gasteiger partial charge in [0.15, 0.2) is 0 Å². The molecule has 1 aromatic rings. The molecule has 2 unspecified atom stereocenters. The van der Waals surface area contributed by atoms with E-state index in [9.17, 15) is 10.1 Å². The highest BCUT2D eigenvalue weighted by molar-refractivity contribution is 5.62. The summed E-state index contributed by atoms with van der Waals surface area (Å²) < 4.78 is 1.82. The normalized spacial score (nSPS) is 25.1. The van der Waals surface area contributed by atoms with Gasteiger partial charge in [-0.15, -0.1) is 0 Å². The van der Waals surface area contributed by atoms with Crippen molar-refractivity contribution in [2.45, 2.75) is 45.7 Å². The van der Waals surface area contributed by atoms with Crippen molar-refractivity contribution in [3.05, 3.63) is 15.8 Å². The van der Waals surface area contributed by atoms with Gasteiger partial charge < -0.3 is 10.2 Å². The topological polar surface area (TPSA) is 76.2 Å². The van der Waals surface area contributed by atoms with Gasteiger partial charge in [0.1, 0.15) is 5.69 Å². The molecule has 2 aliphatic heterocycles. The van der Waals surface area contributed by atoms with Crippen LogP contribution in [0.2, 0.25) is 0 Å². The van der Waals surface area contributed by atoms with Crippen LogP contribution in [0, 0.1) is 23.0 Å². The van der Waals surface area contributed by atoms with Crippen molar-refractivity contribution in [1.29, 1.82) is 0 Å². The molecule has 0 aliphatic carbocycles. The number of anilines is 1. The Bertz CT molecular complexity index is 528. The number of fused-ring (bicyclic) bond motifs is 1. The predicted molar refractivity (Wildman–Crippen MR) is 80.6 cm³/mol. The Balaban J connectivity index is 1.94. The van der Waals surface area contributed by atoms with Crippen molar-refractivity contribution < 1.29 is 4.92 Å². The second-order valence-corrected chi connectivity index (χ2v) is 6.11. The maximum absolute atomic E-state index is 11.4. The lowest BCUT2D eigenvalue weighted by Crippen LogP contribution is -2.40. The molecular weight excluding hydrogens is 270 g/mol. The van der Waals surface area contributed by atoms with Gasteiger partial charge in [0.2, 0.25) is 5.82 Å². The third-order valence-corrected chi connectivity index (χ3v) is 4.59. The van der Waals surface area contributed by atoms with Crippen molar-refractivity contribution >= 4 is 11.5 Å². The van der Waals surface area contributed by atoms with E-state index in [2.05, 4.69) is 22.2 Å². The minimum Gasteiger partial charge on any atom is -0.349 e. The smallest absolute Gasteiger partial charge is 0.333 e. The number of hydrogen-bond acceptors (Lipinski definition) is 5. The van der Waals surface area contributed by atoms with Crippen LogP contribution in [0.15, 0.2) is 0 Å². The van der Waals surface area contributed by atoms with Gasteiger partial charge in [-0.25, -0.2) is 4.68 Å². The summed E-state index contributed by atoms with van der Waals surface area (Å²) in [6.07, 6.45) is 3.33. The lowest BCUT2D eigenvalue weighted by molar-refractivity contribution is -0.384. The third-order valence-electron chi connectivity index (χ3n) is 4.59. The lowest BCUT2D eigenvalue weighted by Gasteiger charge is -2.24. The molecule has 0 bridgehead atoms. The van der Waals surface area contributed by atoms with Crippen LogP contribution in [0.25, 0.3) is 0 Å². The molecule has 7 heteroatoms. The largest absolute Gasteiger partial charge is 0.349 e. The molecule has 3 rings (SSSR count). The summed E-state index contributed by atoms with van der Waals surface area (Å²) in [6, 6.07) is 0.462. The fourth-order valence-corrected chi connectivity index (χ4v) is 3.67. The van der Waals surface area contributed by atoms with Gasteiger partial charge in [-0.1, -0.05) is 6.92 Å². The Labute approximate surface area is 124 Å². The number of hydrogen-bond donors (Lipinski definition) is 1. The summed E-state index contributed by atoms with van der Waals surface area (Å²) in [5.74, 6) is 1.30. The second-order valence-electron chi connectivity index (χ2n) is 6.11. The van der Waals surface area contributed by atoms with E-state index in [0.29, 0.717) is 23.5 Å². The van der Waals surface area contributed by atoms with Crippen LogP contribution in [-0.2, 0) is 6.54 Å². The minimum absolute atomic E-state index is 0.182. The van der Waals surface area contributed by atoms with Gasteiger partial charge in [0, 0.05) is 25.7 Å². The number of piperidine rings is 1. The average Bonchev–Trinajstić information content (AvgIpc) is 2.99. The van der Waals surface area contributed by atoms with E-state index >= 15 is 0 Å². The zero-order chi connectivity index (χ0) is 15.0. The summed E-state index contributed by atoms with van der Waals surface area (Å²) in [5, 5.41) is 19.4. The Morgan fingerprint density at radius 3 is 2.95 bits per heavy atom. The molecular formula is C14H23N5O2. The van der Waals surface area contributed by atoms with E-state index in [0.717, 1.165) is 32.6 Å². The van der Waals surface area contributed by atoms with Crippen molar-refractivity contribution in [3.63, 3.8) is 0 Å². The molecule has 2 fully saturated rings. The lowest BCUT2D eigenvalue weighted by atomic mass is 9.94. The Morgan fingerprint density at radius 2 is 2.29 bits per heavy atom. The van der Waals surface area contributed by atoms with Gasteiger partial charge in [-0.05, 0) is 38.6 Å². The number of nitrogens with zero attached hydrogens (tertiary/aromatic N) is 4. The van der Waals surface area contributed by atoms with Crippen molar-refractivity contribution in [3.8, 4) is 0 Å². The van der Waals surface area contributed by atoms with Crippen LogP contribution in [0.4, 0.5) is 11.5 Å². The molecule has 0 saturated carbocycles. The van der Waals surface area contributed by atoms with Gasteiger partial charge in [0.05, 0.1) is 4.92 Å². The number of nitrogens with one attached hydrogen (secondary N) is 1. The molecule has 1 aromatic heterocycles. The number of rotatable bonds is 4. The first-order valence-electron chi connectivity index (χ1n) is 7.82. The summed E-state index contributed by atoms with van der Waals surface area (Å²) in [4.78, 5) is 13.3. The molecule has 2 atom stereocenters. The van der Waals surface area contributed by atoms with Crippen LogP contribution in [0.5, 0.6) is 0 Å². The summed E-state index contributed by atoms with van der Waals surface area (Å²) in [5.41, 5.74) is 0.702. The molecule has 0 amide bonds. The maximum Gasteiger partial charge on any atom is 0.333 e. The van der Waals surface area contributed by atoms with Crippen LogP contribution in [0.1, 0.15) is 31.9 Å². The summed E-state index contributed by atoms with van der Waals surface area (Å²) in [6.45, 7) is 7.33. The van der Waals surface area contributed by atoms with Gasteiger partial charge >= 0.3 is 5.69 Å². The van der Waals surface area contributed by atoms with Gasteiger partial charge in [-0.2, -0.15) is 5.10 Å². The molecule has 7 nitrogen and oxygen atoms in total. The first-order chi connectivity index (χ1) is 10.1. The van der Waals surface area contributed by atoms with E-state index in [4.69, 9.17) is 0 Å². The molecule has 0 radical (unpaired) electrons. The number of aryl methyl sites for hydroxylation is 2. The van der Waals surface area contributed by atoms with Crippen LogP contribution in [0.3, 0.4) is 0 Å². The molecule has 0 aromatic carbocycles. The molecule has 1 N–H and O–H groups in total. The van der Waals surface area contributed by atoms with Crippen molar-refractivity contribution in [1.82, 2.24) is 15.1 Å². The van der Waals surface area contributed by atoms with E-state index in [1.807, 2.05) is 4.68 Å². The zero-order valence-corrected chi connectivity index (χ0v) is 12.7. The molecule has 3 heterocycles. The quantitative estimate of drug-likeness (QED) is 0.675. The fraction of sp³-hybridized carbons (Fsp3) is 0.786. The summed E-state index contributed by atoms with van der Waals surface area (Å²) >= 11 is 0. The van der Waals surface area contributed by atoms with E-state index < -0.39 is 0 Å². The molecule has 116 valence electrons. The molecule has 21 heavy (non-hydrogen) atoms. The third kappa shape index (κ3) is 2.50. The van der Waals surface area contributed by atoms with Crippen molar-refractivity contribution in [2.75, 3.05) is 24.5 Å². The molecule has 0 spiro atoms. The highest BCUT2D eigenvalue weighted by atomic mass is 16.6. The van der Waals surface area contributed by atoms with E-state index in [-0.39, 0.29) is 10.6 Å². The first-order valence-corrected chi connectivity index (χ1v) is 7.82. The predicted octanol–water partition coefficient (Wildman–Crippen LogP) is 1.70. The van der Waals surface area contributed by atoms with Crippen LogP contribution in [-0.4, -0.2) is 40.4 Å². The standard InChI is InChI=1S/C14H23N5O2/c1-3-7-18-14(13(19(20)21)10(2)16-18)17-8-11-5-4-6-15-12(11)9-17/h11-12,15H,3-9H2,1-2H3. The maximum atomic E-state index is 11.4. The van der Waals surface area contributed by atoms with Crippen molar-refractivity contribution in [2.24, 2.45) is 5.92 Å². The molecule has 2 aliphatic rings. The number of nitro groups is 1. The Kier molecular flexibility index (Phi) is 3.84. The van der Waals surface area contributed by atoms with Crippen LogP contribution < -0.4 is 10.2 Å². The second kappa shape index (κ2) is 5.63. The van der Waals surface area contributed by atoms with E-state index in [1.165, 1.54) is 12.8 Å². The first kappa shape index (κ1) is 14.3. The Morgan fingerprint density at radius 1 is 1.48 bits per heavy atom. The average molecular weight is 293 g/mol. The van der Waals surface area contributed by atoms with Crippen LogP contribution >= 0.6 is 0 Å². The van der Waals surface area contributed by atoms with E-state index in [1.54, 1.807) is 6.92 Å². The van der Waals surface area contributed by atoms with Gasteiger partial charge in [0.25, 0.3) is 0 Å². The minimum atomic E-state index is -0.279.